The van der Waals surface area contributed by atoms with Crippen molar-refractivity contribution in [2.45, 2.75) is 31.9 Å². The molecule has 222 valence electrons. The summed E-state index contributed by atoms with van der Waals surface area (Å²) < 4.78 is 21.7. The summed E-state index contributed by atoms with van der Waals surface area (Å²) in [6.07, 6.45) is 0.646. The normalized spacial score (nSPS) is 14.1. The molecule has 1 aliphatic rings. The molecule has 0 saturated carbocycles. The maximum Gasteiger partial charge on any atom is 0.261 e. The zero-order valence-electron chi connectivity index (χ0n) is 23.3. The predicted octanol–water partition coefficient (Wildman–Crippen LogP) is 1.72. The predicted molar refractivity (Wildman–Crippen MR) is 148 cm³/mol. The molecule has 2 aromatic carbocycles. The Morgan fingerprint density at radius 2 is 1.34 bits per heavy atom. The number of fused-ring (bicyclic) bond motifs is 1. The van der Waals surface area contributed by atoms with E-state index < -0.39 is 12.1 Å². The summed E-state index contributed by atoms with van der Waals surface area (Å²) in [5, 5.41) is 12.3. The average Bonchev–Trinajstić information content (AvgIpc) is 3.22. The van der Waals surface area contributed by atoms with Gasteiger partial charge in [-0.3, -0.25) is 19.3 Å². The summed E-state index contributed by atoms with van der Waals surface area (Å²) in [5.74, 6) is -0.870. The SMILES string of the molecule is CC(O)c1ccc(C[C@@H](C=O)NC(=O)CCOCCOCCOCCOCCN2C(=O)c3ccccc3C2=O)cc1. The Balaban J connectivity index is 1.11. The molecule has 1 aliphatic heterocycles. The molecular weight excluding hydrogens is 532 g/mol. The van der Waals surface area contributed by atoms with Crippen LogP contribution in [0.5, 0.6) is 0 Å². The third-order valence-corrected chi connectivity index (χ3v) is 6.36. The van der Waals surface area contributed by atoms with Gasteiger partial charge in [-0.05, 0) is 36.6 Å². The Labute approximate surface area is 239 Å². The number of benzene rings is 2. The average molecular weight is 571 g/mol. The fourth-order valence-electron chi connectivity index (χ4n) is 4.12. The van der Waals surface area contributed by atoms with Crippen LogP contribution in [0.1, 0.15) is 51.3 Å². The monoisotopic (exact) mass is 570 g/mol. The van der Waals surface area contributed by atoms with E-state index in [1.54, 1.807) is 43.3 Å². The van der Waals surface area contributed by atoms with Crippen LogP contribution in [0.2, 0.25) is 0 Å². The van der Waals surface area contributed by atoms with Crippen LogP contribution in [0.4, 0.5) is 0 Å². The highest BCUT2D eigenvalue weighted by Crippen LogP contribution is 2.21. The molecule has 11 heteroatoms. The molecule has 0 bridgehead atoms. The van der Waals surface area contributed by atoms with Crippen molar-refractivity contribution < 1.29 is 43.2 Å². The first-order chi connectivity index (χ1) is 19.9. The van der Waals surface area contributed by atoms with Gasteiger partial charge in [-0.15, -0.1) is 0 Å². The van der Waals surface area contributed by atoms with Gasteiger partial charge in [0, 0.05) is 6.42 Å². The minimum absolute atomic E-state index is 0.126. The molecule has 3 rings (SSSR count). The molecule has 0 fully saturated rings. The zero-order chi connectivity index (χ0) is 29.5. The number of hydrogen-bond acceptors (Lipinski definition) is 9. The van der Waals surface area contributed by atoms with Crippen molar-refractivity contribution in [1.29, 1.82) is 0 Å². The van der Waals surface area contributed by atoms with Gasteiger partial charge in [-0.25, -0.2) is 0 Å². The van der Waals surface area contributed by atoms with Crippen molar-refractivity contribution in [2.75, 3.05) is 59.4 Å². The van der Waals surface area contributed by atoms with Crippen LogP contribution in [0, 0.1) is 0 Å². The number of imide groups is 1. The van der Waals surface area contributed by atoms with Crippen molar-refractivity contribution in [3.05, 3.63) is 70.8 Å². The minimum Gasteiger partial charge on any atom is -0.389 e. The van der Waals surface area contributed by atoms with Gasteiger partial charge in [-0.2, -0.15) is 0 Å². The van der Waals surface area contributed by atoms with Gasteiger partial charge in [0.1, 0.15) is 6.29 Å². The van der Waals surface area contributed by atoms with Crippen molar-refractivity contribution in [3.8, 4) is 0 Å². The summed E-state index contributed by atoms with van der Waals surface area (Å²) in [4.78, 5) is 49.2. The van der Waals surface area contributed by atoms with Crippen LogP contribution in [0.15, 0.2) is 48.5 Å². The molecule has 41 heavy (non-hydrogen) atoms. The van der Waals surface area contributed by atoms with E-state index in [1.165, 1.54) is 4.90 Å². The molecule has 1 unspecified atom stereocenters. The standard InChI is InChI=1S/C30H38N2O9/c1-22(34)24-8-6-23(7-9-24)20-25(21-33)31-28(35)10-12-38-14-16-40-18-19-41-17-15-39-13-11-32-29(36)26-4-2-3-5-27(26)30(32)37/h2-9,21-22,25,34H,10-20H2,1H3,(H,31,35)/t22?,25-/m0/s1. The Kier molecular flexibility index (Phi) is 13.6. The molecule has 1 heterocycles. The van der Waals surface area contributed by atoms with E-state index >= 15 is 0 Å². The number of aldehydes is 1. The smallest absolute Gasteiger partial charge is 0.261 e. The van der Waals surface area contributed by atoms with E-state index in [4.69, 9.17) is 18.9 Å². The number of hydrogen-bond donors (Lipinski definition) is 2. The third kappa shape index (κ3) is 10.5. The molecule has 0 aliphatic carbocycles. The van der Waals surface area contributed by atoms with Gasteiger partial charge >= 0.3 is 0 Å². The second-order valence-electron chi connectivity index (χ2n) is 9.44. The highest BCUT2D eigenvalue weighted by molar-refractivity contribution is 6.21. The molecule has 0 saturated heterocycles. The number of amides is 3. The highest BCUT2D eigenvalue weighted by atomic mass is 16.6. The summed E-state index contributed by atoms with van der Waals surface area (Å²) >= 11 is 0. The van der Waals surface area contributed by atoms with Crippen LogP contribution in [0.25, 0.3) is 0 Å². The first kappa shape index (κ1) is 32.0. The van der Waals surface area contributed by atoms with Crippen LogP contribution >= 0.6 is 0 Å². The van der Waals surface area contributed by atoms with E-state index in [0.717, 1.165) is 11.1 Å². The number of rotatable bonds is 20. The lowest BCUT2D eigenvalue weighted by molar-refractivity contribution is -0.125. The van der Waals surface area contributed by atoms with Gasteiger partial charge in [0.25, 0.3) is 11.8 Å². The van der Waals surface area contributed by atoms with E-state index in [9.17, 15) is 24.3 Å². The molecule has 2 N–H and O–H groups in total. The molecule has 0 radical (unpaired) electrons. The first-order valence-corrected chi connectivity index (χ1v) is 13.7. The Morgan fingerprint density at radius 3 is 1.85 bits per heavy atom. The lowest BCUT2D eigenvalue weighted by Crippen LogP contribution is -2.38. The molecular formula is C30H38N2O9. The maximum atomic E-state index is 12.3. The fourth-order valence-corrected chi connectivity index (χ4v) is 4.12. The number of aliphatic hydroxyl groups excluding tert-OH is 1. The van der Waals surface area contributed by atoms with Crippen LogP contribution in [0.3, 0.4) is 0 Å². The summed E-state index contributed by atoms with van der Waals surface area (Å²) in [7, 11) is 0. The first-order valence-electron chi connectivity index (χ1n) is 13.7. The molecule has 3 amide bonds. The van der Waals surface area contributed by atoms with E-state index in [0.29, 0.717) is 63.5 Å². The number of carbonyl (C=O) groups is 4. The Bertz CT molecular complexity index is 1100. The molecule has 11 nitrogen and oxygen atoms in total. The lowest BCUT2D eigenvalue weighted by atomic mass is 10.0. The van der Waals surface area contributed by atoms with Crippen LogP contribution < -0.4 is 5.32 Å². The minimum atomic E-state index is -0.634. The Hall–Kier alpha value is -3.48. The second kappa shape index (κ2) is 17.4. The van der Waals surface area contributed by atoms with Gasteiger partial charge < -0.3 is 34.2 Å². The third-order valence-electron chi connectivity index (χ3n) is 6.36. The Morgan fingerprint density at radius 1 is 0.829 bits per heavy atom. The van der Waals surface area contributed by atoms with Gasteiger partial charge in [0.15, 0.2) is 0 Å². The molecule has 2 atom stereocenters. The van der Waals surface area contributed by atoms with Crippen molar-refractivity contribution >= 4 is 24.0 Å². The maximum absolute atomic E-state index is 12.3. The highest BCUT2D eigenvalue weighted by Gasteiger charge is 2.34. The van der Waals surface area contributed by atoms with E-state index in [2.05, 4.69) is 5.32 Å². The number of carbonyl (C=O) groups excluding carboxylic acids is 4. The fraction of sp³-hybridized carbons (Fsp3) is 0.467. The van der Waals surface area contributed by atoms with E-state index in [-0.39, 0.29) is 43.9 Å². The number of aliphatic hydroxyl groups is 1. The van der Waals surface area contributed by atoms with Gasteiger partial charge in [0.2, 0.25) is 5.91 Å². The lowest BCUT2D eigenvalue weighted by Gasteiger charge is -2.14. The molecule has 0 spiro atoms. The number of nitrogens with one attached hydrogen (secondary N) is 1. The number of ether oxygens (including phenoxy) is 4. The molecule has 2 aromatic rings. The second-order valence-corrected chi connectivity index (χ2v) is 9.44. The van der Waals surface area contributed by atoms with Crippen LogP contribution in [-0.4, -0.2) is 99.5 Å². The summed E-state index contributed by atoms with van der Waals surface area (Å²) in [6.45, 7) is 4.41. The van der Waals surface area contributed by atoms with Gasteiger partial charge in [-0.1, -0.05) is 36.4 Å². The summed E-state index contributed by atoms with van der Waals surface area (Å²) in [6, 6.07) is 13.4. The van der Waals surface area contributed by atoms with E-state index in [1.807, 2.05) is 12.1 Å². The van der Waals surface area contributed by atoms with Crippen LogP contribution in [-0.2, 0) is 35.0 Å². The van der Waals surface area contributed by atoms with Crippen molar-refractivity contribution in [1.82, 2.24) is 10.2 Å². The zero-order valence-corrected chi connectivity index (χ0v) is 23.3. The quantitative estimate of drug-likeness (QED) is 0.138. The number of nitrogens with zero attached hydrogens (tertiary/aromatic N) is 1. The van der Waals surface area contributed by atoms with Crippen molar-refractivity contribution in [2.24, 2.45) is 0 Å². The van der Waals surface area contributed by atoms with Gasteiger partial charge in [0.05, 0.1) is 82.7 Å². The largest absolute Gasteiger partial charge is 0.389 e. The topological polar surface area (TPSA) is 141 Å². The summed E-state index contributed by atoms with van der Waals surface area (Å²) in [5.41, 5.74) is 2.52. The van der Waals surface area contributed by atoms with Crippen molar-refractivity contribution in [3.63, 3.8) is 0 Å². The molecule has 0 aromatic heterocycles.